The second-order valence-corrected chi connectivity index (χ2v) is 5.23. The van der Waals surface area contributed by atoms with Crippen LogP contribution in [0.3, 0.4) is 0 Å². The molecule has 0 spiro atoms. The van der Waals surface area contributed by atoms with E-state index in [-0.39, 0.29) is 24.0 Å². The lowest BCUT2D eigenvalue weighted by Crippen LogP contribution is -2.37. The molecule has 2 N–H and O–H groups in total. The van der Waals surface area contributed by atoms with E-state index in [2.05, 4.69) is 29.5 Å². The fourth-order valence-corrected chi connectivity index (χ4v) is 1.70. The lowest BCUT2D eigenvalue weighted by Gasteiger charge is -2.13. The molecule has 0 bridgehead atoms. The van der Waals surface area contributed by atoms with Gasteiger partial charge in [0.25, 0.3) is 0 Å². The first-order valence-corrected chi connectivity index (χ1v) is 6.93. The Morgan fingerprint density at radius 2 is 1.73 bits per heavy atom. The van der Waals surface area contributed by atoms with Gasteiger partial charge in [0, 0.05) is 20.1 Å². The molecule has 1 aromatic rings. The molecule has 1 aromatic carbocycles. The number of aliphatic imine (C=N–C) groups is 1. The highest BCUT2D eigenvalue weighted by Crippen LogP contribution is 2.28. The predicted molar refractivity (Wildman–Crippen MR) is 94.5 cm³/mol. The van der Waals surface area contributed by atoms with Crippen LogP contribution < -0.4 is 10.6 Å². The SMILES string of the molecule is CN=C(NCCC(C)C)NCc1ccc(C(F)(F)F)cc1.I. The van der Waals surface area contributed by atoms with E-state index in [0.717, 1.165) is 30.7 Å². The van der Waals surface area contributed by atoms with E-state index in [1.807, 2.05) is 0 Å². The van der Waals surface area contributed by atoms with Crippen molar-refractivity contribution >= 4 is 29.9 Å². The van der Waals surface area contributed by atoms with Gasteiger partial charge in [-0.3, -0.25) is 4.99 Å². The van der Waals surface area contributed by atoms with Gasteiger partial charge in [-0.05, 0) is 30.0 Å². The Bertz CT molecular complexity index is 456. The summed E-state index contributed by atoms with van der Waals surface area (Å²) < 4.78 is 37.3. The molecule has 0 radical (unpaired) electrons. The van der Waals surface area contributed by atoms with Gasteiger partial charge in [0.1, 0.15) is 0 Å². The first-order valence-electron chi connectivity index (χ1n) is 6.93. The molecule has 0 amide bonds. The van der Waals surface area contributed by atoms with Crippen molar-refractivity contribution < 1.29 is 13.2 Å². The van der Waals surface area contributed by atoms with E-state index in [0.29, 0.717) is 18.4 Å². The third-order valence-electron chi connectivity index (χ3n) is 2.98. The Labute approximate surface area is 146 Å². The molecule has 0 saturated heterocycles. The number of hydrogen-bond donors (Lipinski definition) is 2. The summed E-state index contributed by atoms with van der Waals surface area (Å²) in [5, 5.41) is 6.24. The molecule has 126 valence electrons. The topological polar surface area (TPSA) is 36.4 Å². The van der Waals surface area contributed by atoms with Gasteiger partial charge in [-0.25, -0.2) is 0 Å². The van der Waals surface area contributed by atoms with Crippen LogP contribution in [-0.2, 0) is 12.7 Å². The largest absolute Gasteiger partial charge is 0.416 e. The minimum atomic E-state index is -4.29. The van der Waals surface area contributed by atoms with Crippen LogP contribution in [-0.4, -0.2) is 19.6 Å². The van der Waals surface area contributed by atoms with Crippen molar-refractivity contribution in [3.63, 3.8) is 0 Å². The standard InChI is InChI=1S/C15H22F3N3.HI/c1-11(2)8-9-20-14(19-3)21-10-12-4-6-13(7-5-12)15(16,17)18;/h4-7,11H,8-10H2,1-3H3,(H2,19,20,21);1H. The van der Waals surface area contributed by atoms with Crippen LogP contribution in [0, 0.1) is 5.92 Å². The third kappa shape index (κ3) is 7.86. The lowest BCUT2D eigenvalue weighted by atomic mass is 10.1. The molecule has 0 atom stereocenters. The average molecular weight is 429 g/mol. The molecule has 0 fully saturated rings. The summed E-state index contributed by atoms with van der Waals surface area (Å²) in [7, 11) is 1.66. The highest BCUT2D eigenvalue weighted by molar-refractivity contribution is 14.0. The van der Waals surface area contributed by atoms with Crippen LogP contribution in [0.2, 0.25) is 0 Å². The quantitative estimate of drug-likeness (QED) is 0.421. The zero-order chi connectivity index (χ0) is 15.9. The second-order valence-electron chi connectivity index (χ2n) is 5.23. The van der Waals surface area contributed by atoms with Gasteiger partial charge >= 0.3 is 6.18 Å². The molecule has 3 nitrogen and oxygen atoms in total. The van der Waals surface area contributed by atoms with Crippen LogP contribution >= 0.6 is 24.0 Å². The van der Waals surface area contributed by atoms with E-state index in [1.165, 1.54) is 12.1 Å². The Balaban J connectivity index is 0.00000441. The molecule has 0 aliphatic heterocycles. The normalized spacial score (nSPS) is 12.0. The maximum atomic E-state index is 12.4. The third-order valence-corrected chi connectivity index (χ3v) is 2.98. The Kier molecular flexibility index (Phi) is 9.47. The monoisotopic (exact) mass is 429 g/mol. The zero-order valence-corrected chi connectivity index (χ0v) is 15.3. The molecule has 0 unspecified atom stereocenters. The van der Waals surface area contributed by atoms with Gasteiger partial charge in [0.15, 0.2) is 5.96 Å². The van der Waals surface area contributed by atoms with Crippen molar-refractivity contribution in [1.29, 1.82) is 0 Å². The number of alkyl halides is 3. The van der Waals surface area contributed by atoms with Crippen LogP contribution in [0.1, 0.15) is 31.4 Å². The van der Waals surface area contributed by atoms with Gasteiger partial charge in [-0.1, -0.05) is 26.0 Å². The maximum Gasteiger partial charge on any atom is 0.416 e. The Morgan fingerprint density at radius 1 is 1.14 bits per heavy atom. The fraction of sp³-hybridized carbons (Fsp3) is 0.533. The minimum Gasteiger partial charge on any atom is -0.356 e. The summed E-state index contributed by atoms with van der Waals surface area (Å²) >= 11 is 0. The van der Waals surface area contributed by atoms with Crippen molar-refractivity contribution in [3.8, 4) is 0 Å². The van der Waals surface area contributed by atoms with Gasteiger partial charge in [0.05, 0.1) is 5.56 Å². The van der Waals surface area contributed by atoms with Crippen molar-refractivity contribution in [3.05, 3.63) is 35.4 Å². The van der Waals surface area contributed by atoms with Crippen LogP contribution in [0.25, 0.3) is 0 Å². The van der Waals surface area contributed by atoms with Crippen molar-refractivity contribution in [2.45, 2.75) is 33.0 Å². The molecular weight excluding hydrogens is 406 g/mol. The van der Waals surface area contributed by atoms with Crippen LogP contribution in [0.5, 0.6) is 0 Å². The van der Waals surface area contributed by atoms with E-state index in [1.54, 1.807) is 7.05 Å². The van der Waals surface area contributed by atoms with Crippen molar-refractivity contribution in [1.82, 2.24) is 10.6 Å². The summed E-state index contributed by atoms with van der Waals surface area (Å²) in [4.78, 5) is 4.07. The van der Waals surface area contributed by atoms with Gasteiger partial charge < -0.3 is 10.6 Å². The molecule has 1 rings (SSSR count). The van der Waals surface area contributed by atoms with Gasteiger partial charge in [0.2, 0.25) is 0 Å². The van der Waals surface area contributed by atoms with E-state index in [9.17, 15) is 13.2 Å². The molecule has 7 heteroatoms. The summed E-state index contributed by atoms with van der Waals surface area (Å²) in [5.74, 6) is 1.25. The number of halogens is 4. The number of benzene rings is 1. The summed E-state index contributed by atoms with van der Waals surface area (Å²) in [6.07, 6.45) is -3.26. The Morgan fingerprint density at radius 3 is 2.18 bits per heavy atom. The Hall–Kier alpha value is -0.990. The lowest BCUT2D eigenvalue weighted by molar-refractivity contribution is -0.137. The number of nitrogens with zero attached hydrogens (tertiary/aromatic N) is 1. The molecular formula is C15H23F3IN3. The number of nitrogens with one attached hydrogen (secondary N) is 2. The van der Waals surface area contributed by atoms with Gasteiger partial charge in [-0.2, -0.15) is 13.2 Å². The molecule has 0 saturated carbocycles. The smallest absolute Gasteiger partial charge is 0.356 e. The zero-order valence-electron chi connectivity index (χ0n) is 13.0. The first-order chi connectivity index (χ1) is 9.82. The number of rotatable bonds is 5. The van der Waals surface area contributed by atoms with Gasteiger partial charge in [-0.15, -0.1) is 24.0 Å². The highest BCUT2D eigenvalue weighted by atomic mass is 127. The fourth-order valence-electron chi connectivity index (χ4n) is 1.70. The highest BCUT2D eigenvalue weighted by Gasteiger charge is 2.29. The summed E-state index contributed by atoms with van der Waals surface area (Å²) in [6.45, 7) is 5.52. The molecule has 22 heavy (non-hydrogen) atoms. The van der Waals surface area contributed by atoms with E-state index >= 15 is 0 Å². The van der Waals surface area contributed by atoms with E-state index < -0.39 is 11.7 Å². The number of hydrogen-bond acceptors (Lipinski definition) is 1. The second kappa shape index (κ2) is 9.91. The van der Waals surface area contributed by atoms with Crippen molar-refractivity contribution in [2.24, 2.45) is 10.9 Å². The van der Waals surface area contributed by atoms with Crippen LogP contribution in [0.4, 0.5) is 13.2 Å². The summed E-state index contributed by atoms with van der Waals surface area (Å²) in [5.41, 5.74) is 0.139. The summed E-state index contributed by atoms with van der Waals surface area (Å²) in [6, 6.07) is 5.12. The minimum absolute atomic E-state index is 0. The van der Waals surface area contributed by atoms with Crippen LogP contribution in [0.15, 0.2) is 29.3 Å². The molecule has 0 aliphatic carbocycles. The first kappa shape index (κ1) is 21.0. The number of guanidine groups is 1. The van der Waals surface area contributed by atoms with E-state index in [4.69, 9.17) is 0 Å². The maximum absolute atomic E-state index is 12.4. The predicted octanol–water partition coefficient (Wildman–Crippen LogP) is 4.03. The average Bonchev–Trinajstić information content (AvgIpc) is 2.41. The molecule has 0 aromatic heterocycles. The van der Waals surface area contributed by atoms with Crippen molar-refractivity contribution in [2.75, 3.05) is 13.6 Å². The molecule has 0 heterocycles. The molecule has 0 aliphatic rings.